The van der Waals surface area contributed by atoms with Gasteiger partial charge in [-0.15, -0.1) is 0 Å². The topological polar surface area (TPSA) is 86.5 Å². The van der Waals surface area contributed by atoms with Crippen molar-refractivity contribution in [3.05, 3.63) is 66.6 Å². The van der Waals surface area contributed by atoms with Crippen LogP contribution in [-0.2, 0) is 0 Å². The molecule has 6 nitrogen and oxygen atoms in total. The number of carbonyl (C=O) groups is 1. The molecule has 23 heavy (non-hydrogen) atoms. The second-order valence-electron chi connectivity index (χ2n) is 5.14. The standard InChI is InChI=1S/C17H13N5O/c23-17(12-4-5-15-16(9-12)19-10-18-15)21-13-3-1-2-11(8-13)14-6-7-20-22-14/h1-10H,(H,18,19)(H,20,22)(H,21,23). The summed E-state index contributed by atoms with van der Waals surface area (Å²) in [5.74, 6) is -0.164. The molecule has 1 amide bonds. The number of hydrogen-bond acceptors (Lipinski definition) is 3. The van der Waals surface area contributed by atoms with Crippen molar-refractivity contribution >= 4 is 22.6 Å². The van der Waals surface area contributed by atoms with Gasteiger partial charge in [0.2, 0.25) is 0 Å². The fourth-order valence-corrected chi connectivity index (χ4v) is 2.46. The van der Waals surface area contributed by atoms with Crippen molar-refractivity contribution in [3.8, 4) is 11.3 Å². The van der Waals surface area contributed by atoms with Gasteiger partial charge in [-0.1, -0.05) is 12.1 Å². The van der Waals surface area contributed by atoms with Crippen LogP contribution in [0.5, 0.6) is 0 Å². The third kappa shape index (κ3) is 2.57. The Balaban J connectivity index is 1.59. The largest absolute Gasteiger partial charge is 0.345 e. The first kappa shape index (κ1) is 13.3. The van der Waals surface area contributed by atoms with Gasteiger partial charge < -0.3 is 10.3 Å². The van der Waals surface area contributed by atoms with Gasteiger partial charge >= 0.3 is 0 Å². The summed E-state index contributed by atoms with van der Waals surface area (Å²) in [5, 5.41) is 9.76. The van der Waals surface area contributed by atoms with Crippen LogP contribution in [0, 0.1) is 0 Å². The van der Waals surface area contributed by atoms with E-state index in [0.717, 1.165) is 28.0 Å². The molecule has 0 bridgehead atoms. The zero-order valence-corrected chi connectivity index (χ0v) is 12.1. The predicted molar refractivity (Wildman–Crippen MR) is 88.1 cm³/mol. The predicted octanol–water partition coefficient (Wildman–Crippen LogP) is 3.21. The van der Waals surface area contributed by atoms with Crippen molar-refractivity contribution in [2.24, 2.45) is 0 Å². The number of imidazole rings is 1. The minimum Gasteiger partial charge on any atom is -0.345 e. The minimum atomic E-state index is -0.164. The lowest BCUT2D eigenvalue weighted by Crippen LogP contribution is -2.11. The summed E-state index contributed by atoms with van der Waals surface area (Å²) in [6.07, 6.45) is 3.31. The van der Waals surface area contributed by atoms with E-state index in [-0.39, 0.29) is 5.91 Å². The molecule has 0 aliphatic carbocycles. The van der Waals surface area contributed by atoms with Crippen LogP contribution in [0.4, 0.5) is 5.69 Å². The van der Waals surface area contributed by atoms with Gasteiger partial charge in [-0.3, -0.25) is 9.89 Å². The number of rotatable bonds is 3. The molecule has 0 aliphatic heterocycles. The number of carbonyl (C=O) groups excluding carboxylic acids is 1. The zero-order chi connectivity index (χ0) is 15.6. The quantitative estimate of drug-likeness (QED) is 0.543. The van der Waals surface area contributed by atoms with Crippen LogP contribution < -0.4 is 5.32 Å². The molecule has 0 aliphatic rings. The van der Waals surface area contributed by atoms with E-state index in [1.807, 2.05) is 36.4 Å². The van der Waals surface area contributed by atoms with Gasteiger partial charge in [0.05, 0.1) is 23.1 Å². The van der Waals surface area contributed by atoms with Crippen molar-refractivity contribution in [3.63, 3.8) is 0 Å². The number of nitrogens with one attached hydrogen (secondary N) is 3. The number of aromatic amines is 2. The number of amides is 1. The van der Waals surface area contributed by atoms with E-state index in [9.17, 15) is 4.79 Å². The van der Waals surface area contributed by atoms with E-state index in [4.69, 9.17) is 0 Å². The molecule has 4 rings (SSSR count). The molecule has 0 unspecified atom stereocenters. The Morgan fingerprint density at radius 3 is 2.91 bits per heavy atom. The Bertz CT molecular complexity index is 972. The lowest BCUT2D eigenvalue weighted by atomic mass is 10.1. The van der Waals surface area contributed by atoms with Crippen LogP contribution in [0.2, 0.25) is 0 Å². The number of anilines is 1. The van der Waals surface area contributed by atoms with E-state index < -0.39 is 0 Å². The minimum absolute atomic E-state index is 0.164. The Morgan fingerprint density at radius 2 is 2.04 bits per heavy atom. The number of benzene rings is 2. The molecule has 2 aromatic carbocycles. The first-order chi connectivity index (χ1) is 11.3. The van der Waals surface area contributed by atoms with E-state index in [0.29, 0.717) is 5.56 Å². The molecule has 6 heteroatoms. The van der Waals surface area contributed by atoms with E-state index >= 15 is 0 Å². The maximum Gasteiger partial charge on any atom is 0.255 e. The molecule has 2 aromatic heterocycles. The molecule has 3 N–H and O–H groups in total. The lowest BCUT2D eigenvalue weighted by Gasteiger charge is -2.07. The SMILES string of the molecule is O=C(Nc1cccc(-c2ccn[nH]2)c1)c1ccc2nc[nH]c2c1. The highest BCUT2D eigenvalue weighted by Gasteiger charge is 2.09. The number of aromatic nitrogens is 4. The Labute approximate surface area is 131 Å². The summed E-state index contributed by atoms with van der Waals surface area (Å²) in [5.41, 5.74) is 4.84. The first-order valence-electron chi connectivity index (χ1n) is 7.14. The summed E-state index contributed by atoms with van der Waals surface area (Å²) < 4.78 is 0. The van der Waals surface area contributed by atoms with Crippen LogP contribution in [0.1, 0.15) is 10.4 Å². The molecule has 0 spiro atoms. The normalized spacial score (nSPS) is 10.8. The number of nitrogens with zero attached hydrogens (tertiary/aromatic N) is 2. The summed E-state index contributed by atoms with van der Waals surface area (Å²) in [4.78, 5) is 19.6. The molecule has 0 atom stereocenters. The molecule has 0 radical (unpaired) electrons. The molecule has 0 fully saturated rings. The van der Waals surface area contributed by atoms with Crippen molar-refractivity contribution < 1.29 is 4.79 Å². The molecule has 2 heterocycles. The summed E-state index contributed by atoms with van der Waals surface area (Å²) >= 11 is 0. The Hall–Kier alpha value is -3.41. The van der Waals surface area contributed by atoms with Gasteiger partial charge in [0.1, 0.15) is 0 Å². The van der Waals surface area contributed by atoms with E-state index in [1.165, 1.54) is 0 Å². The van der Waals surface area contributed by atoms with Gasteiger partial charge in [-0.25, -0.2) is 4.98 Å². The molecule has 0 saturated heterocycles. The monoisotopic (exact) mass is 303 g/mol. The van der Waals surface area contributed by atoms with Crippen molar-refractivity contribution in [2.75, 3.05) is 5.32 Å². The highest BCUT2D eigenvalue weighted by Crippen LogP contribution is 2.21. The van der Waals surface area contributed by atoms with Crippen LogP contribution in [-0.4, -0.2) is 26.1 Å². The molecule has 0 saturated carbocycles. The average Bonchev–Trinajstić information content (AvgIpc) is 3.26. The second kappa shape index (κ2) is 5.42. The van der Waals surface area contributed by atoms with Crippen LogP contribution in [0.25, 0.3) is 22.3 Å². The Morgan fingerprint density at radius 1 is 1.09 bits per heavy atom. The molecular formula is C17H13N5O. The van der Waals surface area contributed by atoms with Crippen LogP contribution in [0.15, 0.2) is 61.1 Å². The zero-order valence-electron chi connectivity index (χ0n) is 12.1. The highest BCUT2D eigenvalue weighted by molar-refractivity contribution is 6.06. The van der Waals surface area contributed by atoms with Crippen LogP contribution >= 0.6 is 0 Å². The number of hydrogen-bond donors (Lipinski definition) is 3. The average molecular weight is 303 g/mol. The number of H-pyrrole nitrogens is 2. The van der Waals surface area contributed by atoms with Gasteiger partial charge in [-0.2, -0.15) is 5.10 Å². The van der Waals surface area contributed by atoms with Crippen molar-refractivity contribution in [2.45, 2.75) is 0 Å². The van der Waals surface area contributed by atoms with Gasteiger partial charge in [-0.05, 0) is 36.4 Å². The fraction of sp³-hybridized carbons (Fsp3) is 0. The lowest BCUT2D eigenvalue weighted by molar-refractivity contribution is 0.102. The molecular weight excluding hydrogens is 290 g/mol. The summed E-state index contributed by atoms with van der Waals surface area (Å²) in [7, 11) is 0. The maximum atomic E-state index is 12.4. The van der Waals surface area contributed by atoms with Crippen molar-refractivity contribution in [1.82, 2.24) is 20.2 Å². The third-order valence-corrected chi connectivity index (χ3v) is 3.61. The van der Waals surface area contributed by atoms with E-state index in [2.05, 4.69) is 25.5 Å². The maximum absolute atomic E-state index is 12.4. The summed E-state index contributed by atoms with van der Waals surface area (Å²) in [6, 6.07) is 14.9. The highest BCUT2D eigenvalue weighted by atomic mass is 16.1. The van der Waals surface area contributed by atoms with Gasteiger partial charge in [0.25, 0.3) is 5.91 Å². The summed E-state index contributed by atoms with van der Waals surface area (Å²) in [6.45, 7) is 0. The van der Waals surface area contributed by atoms with Gasteiger partial charge in [0, 0.05) is 23.0 Å². The smallest absolute Gasteiger partial charge is 0.255 e. The van der Waals surface area contributed by atoms with Crippen molar-refractivity contribution in [1.29, 1.82) is 0 Å². The Kier molecular flexibility index (Phi) is 3.12. The first-order valence-corrected chi connectivity index (χ1v) is 7.14. The second-order valence-corrected chi connectivity index (χ2v) is 5.14. The van der Waals surface area contributed by atoms with Crippen LogP contribution in [0.3, 0.4) is 0 Å². The fourth-order valence-electron chi connectivity index (χ4n) is 2.46. The van der Waals surface area contributed by atoms with Gasteiger partial charge in [0.15, 0.2) is 0 Å². The number of fused-ring (bicyclic) bond motifs is 1. The molecule has 4 aromatic rings. The molecule has 112 valence electrons. The third-order valence-electron chi connectivity index (χ3n) is 3.61. The van der Waals surface area contributed by atoms with E-state index in [1.54, 1.807) is 24.7 Å².